The second-order valence-corrected chi connectivity index (χ2v) is 7.64. The molecule has 10 nitrogen and oxygen atoms in total. The van der Waals surface area contributed by atoms with E-state index in [1.165, 1.54) is 45.5 Å². The standard InChI is InChI=1S/C25H24N2O8/c1-13-10-20(26-35-13)27-22(16-12-15(31-2)7-9-17(16)32-3)21(24(29)25(27)30)23(28)14-6-8-18(33-4)19(11-14)34-5/h6-12,22,28H,1-5H3/t22-/m0/s1. The van der Waals surface area contributed by atoms with Gasteiger partial charge in [-0.05, 0) is 43.3 Å². The molecule has 2 aromatic carbocycles. The molecule has 35 heavy (non-hydrogen) atoms. The Morgan fingerprint density at radius 1 is 0.914 bits per heavy atom. The molecule has 0 spiro atoms. The van der Waals surface area contributed by atoms with Gasteiger partial charge in [-0.25, -0.2) is 0 Å². The van der Waals surface area contributed by atoms with Crippen LogP contribution < -0.4 is 23.8 Å². The number of Topliss-reactive ketones (excluding diaryl/α,β-unsaturated/α-hetero) is 1. The van der Waals surface area contributed by atoms with Crippen LogP contribution in [0.15, 0.2) is 52.6 Å². The van der Waals surface area contributed by atoms with Crippen molar-refractivity contribution in [3.05, 3.63) is 64.9 Å². The van der Waals surface area contributed by atoms with Crippen molar-refractivity contribution < 1.29 is 38.2 Å². The van der Waals surface area contributed by atoms with E-state index in [4.69, 9.17) is 23.5 Å². The fraction of sp³-hybridized carbons (Fsp3) is 0.240. The Morgan fingerprint density at radius 3 is 2.20 bits per heavy atom. The Labute approximate surface area is 201 Å². The van der Waals surface area contributed by atoms with Crippen molar-refractivity contribution in [2.24, 2.45) is 0 Å². The number of aromatic nitrogens is 1. The van der Waals surface area contributed by atoms with Gasteiger partial charge in [0, 0.05) is 17.2 Å². The highest BCUT2D eigenvalue weighted by Gasteiger charge is 2.49. The number of nitrogens with zero attached hydrogens (tertiary/aromatic N) is 2. The van der Waals surface area contributed by atoms with Crippen molar-refractivity contribution in [1.29, 1.82) is 0 Å². The van der Waals surface area contributed by atoms with Gasteiger partial charge in [-0.2, -0.15) is 0 Å². The van der Waals surface area contributed by atoms with E-state index in [1.807, 2.05) is 0 Å². The van der Waals surface area contributed by atoms with Gasteiger partial charge >= 0.3 is 5.91 Å². The summed E-state index contributed by atoms with van der Waals surface area (Å²) in [5, 5.41) is 15.3. The Hall–Kier alpha value is -4.47. The van der Waals surface area contributed by atoms with Crippen molar-refractivity contribution in [3.63, 3.8) is 0 Å². The number of methoxy groups -OCH3 is 4. The highest BCUT2D eigenvalue weighted by Crippen LogP contribution is 2.46. The zero-order valence-corrected chi connectivity index (χ0v) is 19.8. The summed E-state index contributed by atoms with van der Waals surface area (Å²) in [7, 11) is 5.89. The van der Waals surface area contributed by atoms with Gasteiger partial charge in [0.25, 0.3) is 5.78 Å². The van der Waals surface area contributed by atoms with Crippen LogP contribution in [-0.2, 0) is 9.59 Å². The van der Waals surface area contributed by atoms with E-state index in [9.17, 15) is 14.7 Å². The first-order chi connectivity index (χ1) is 16.8. The molecule has 1 atom stereocenters. The largest absolute Gasteiger partial charge is 0.507 e. The van der Waals surface area contributed by atoms with Crippen molar-refractivity contribution in [3.8, 4) is 23.0 Å². The smallest absolute Gasteiger partial charge is 0.301 e. The summed E-state index contributed by atoms with van der Waals surface area (Å²) in [5.74, 6) is 0.00542. The molecular formula is C25H24N2O8. The summed E-state index contributed by atoms with van der Waals surface area (Å²) in [6.45, 7) is 1.66. The number of anilines is 1. The van der Waals surface area contributed by atoms with E-state index < -0.39 is 23.5 Å². The molecule has 0 bridgehead atoms. The predicted molar refractivity (Wildman–Crippen MR) is 125 cm³/mol. The second kappa shape index (κ2) is 9.41. The van der Waals surface area contributed by atoms with E-state index in [1.54, 1.807) is 37.3 Å². The average Bonchev–Trinajstić information content (AvgIpc) is 3.42. The first-order valence-corrected chi connectivity index (χ1v) is 10.5. The summed E-state index contributed by atoms with van der Waals surface area (Å²) in [6.07, 6.45) is 0. The van der Waals surface area contributed by atoms with E-state index in [-0.39, 0.29) is 17.0 Å². The van der Waals surface area contributed by atoms with Crippen LogP contribution in [-0.4, -0.2) is 50.4 Å². The third kappa shape index (κ3) is 4.03. The number of aryl methyl sites for hydroxylation is 1. The number of hydrogen-bond acceptors (Lipinski definition) is 9. The Kier molecular flexibility index (Phi) is 6.37. The molecule has 182 valence electrons. The Balaban J connectivity index is 2.00. The van der Waals surface area contributed by atoms with E-state index in [0.29, 0.717) is 34.3 Å². The number of aliphatic hydroxyl groups is 1. The number of benzene rings is 2. The lowest BCUT2D eigenvalue weighted by Crippen LogP contribution is -2.30. The molecule has 0 aliphatic carbocycles. The van der Waals surface area contributed by atoms with E-state index >= 15 is 0 Å². The average molecular weight is 480 g/mol. The molecule has 2 heterocycles. The SMILES string of the molecule is COc1ccc(OC)c([C@H]2C(=C(O)c3ccc(OC)c(OC)c3)C(=O)C(=O)N2c2cc(C)on2)c1. The first kappa shape index (κ1) is 23.7. The summed E-state index contributed by atoms with van der Waals surface area (Å²) in [4.78, 5) is 27.8. The van der Waals surface area contributed by atoms with Crippen molar-refractivity contribution >= 4 is 23.3 Å². The summed E-state index contributed by atoms with van der Waals surface area (Å²) in [6, 6.07) is 10.1. The number of ketones is 1. The maximum atomic E-state index is 13.3. The van der Waals surface area contributed by atoms with Crippen molar-refractivity contribution in [1.82, 2.24) is 5.16 Å². The maximum Gasteiger partial charge on any atom is 0.301 e. The Bertz CT molecular complexity index is 1330. The number of carbonyl (C=O) groups is 2. The number of ether oxygens (including phenoxy) is 4. The highest BCUT2D eigenvalue weighted by molar-refractivity contribution is 6.51. The highest BCUT2D eigenvalue weighted by atomic mass is 16.5. The lowest BCUT2D eigenvalue weighted by atomic mass is 9.94. The number of carbonyl (C=O) groups excluding carboxylic acids is 2. The minimum atomic E-state index is -1.09. The van der Waals surface area contributed by atoms with E-state index in [0.717, 1.165) is 0 Å². The zero-order chi connectivity index (χ0) is 25.3. The molecule has 1 N–H and O–H groups in total. The second-order valence-electron chi connectivity index (χ2n) is 7.64. The summed E-state index contributed by atoms with van der Waals surface area (Å²) >= 11 is 0. The van der Waals surface area contributed by atoms with Gasteiger partial charge in [0.2, 0.25) is 0 Å². The molecular weight excluding hydrogens is 456 g/mol. The van der Waals surface area contributed by atoms with Gasteiger partial charge < -0.3 is 28.6 Å². The predicted octanol–water partition coefficient (Wildman–Crippen LogP) is 3.64. The number of aliphatic hydroxyl groups excluding tert-OH is 1. The van der Waals surface area contributed by atoms with Crippen LogP contribution in [0.3, 0.4) is 0 Å². The van der Waals surface area contributed by atoms with Crippen molar-refractivity contribution in [2.45, 2.75) is 13.0 Å². The molecule has 1 aliphatic heterocycles. The summed E-state index contributed by atoms with van der Waals surface area (Å²) < 4.78 is 26.6. The van der Waals surface area contributed by atoms with Crippen molar-refractivity contribution in [2.75, 3.05) is 33.3 Å². The fourth-order valence-electron chi connectivity index (χ4n) is 4.02. The van der Waals surface area contributed by atoms with Crippen LogP contribution in [0.2, 0.25) is 0 Å². The molecule has 1 aliphatic rings. The minimum absolute atomic E-state index is 0.117. The molecule has 10 heteroatoms. The molecule has 0 radical (unpaired) electrons. The third-order valence-corrected chi connectivity index (χ3v) is 5.70. The zero-order valence-electron chi connectivity index (χ0n) is 19.8. The van der Waals surface area contributed by atoms with Gasteiger partial charge in [0.15, 0.2) is 17.3 Å². The van der Waals surface area contributed by atoms with Gasteiger partial charge in [-0.1, -0.05) is 5.16 Å². The van der Waals surface area contributed by atoms with Gasteiger partial charge in [0.1, 0.15) is 29.1 Å². The monoisotopic (exact) mass is 480 g/mol. The quantitative estimate of drug-likeness (QED) is 0.307. The lowest BCUT2D eigenvalue weighted by Gasteiger charge is -2.25. The normalized spacial score (nSPS) is 16.9. The van der Waals surface area contributed by atoms with Crippen LogP contribution in [0.5, 0.6) is 23.0 Å². The van der Waals surface area contributed by atoms with Gasteiger partial charge in [0.05, 0.1) is 34.0 Å². The van der Waals surface area contributed by atoms with Gasteiger partial charge in [-0.15, -0.1) is 0 Å². The van der Waals surface area contributed by atoms with Crippen LogP contribution in [0.4, 0.5) is 5.82 Å². The summed E-state index contributed by atoms with van der Waals surface area (Å²) in [5.41, 5.74) is 0.506. The lowest BCUT2D eigenvalue weighted by molar-refractivity contribution is -0.132. The van der Waals surface area contributed by atoms with Crippen LogP contribution >= 0.6 is 0 Å². The fourth-order valence-corrected chi connectivity index (χ4v) is 4.02. The topological polar surface area (TPSA) is 121 Å². The minimum Gasteiger partial charge on any atom is -0.507 e. The molecule has 1 amide bonds. The third-order valence-electron chi connectivity index (χ3n) is 5.70. The molecule has 1 fully saturated rings. The van der Waals surface area contributed by atoms with Crippen LogP contribution in [0.1, 0.15) is 22.9 Å². The van der Waals surface area contributed by atoms with Gasteiger partial charge in [-0.3, -0.25) is 14.5 Å². The molecule has 4 rings (SSSR count). The first-order valence-electron chi connectivity index (χ1n) is 10.5. The number of amides is 1. The van der Waals surface area contributed by atoms with E-state index in [2.05, 4.69) is 5.16 Å². The Morgan fingerprint density at radius 2 is 1.60 bits per heavy atom. The molecule has 1 aromatic heterocycles. The molecule has 3 aromatic rings. The van der Waals surface area contributed by atoms with Crippen LogP contribution in [0.25, 0.3) is 5.76 Å². The molecule has 1 saturated heterocycles. The molecule has 0 unspecified atom stereocenters. The molecule has 0 saturated carbocycles. The van der Waals surface area contributed by atoms with Crippen LogP contribution in [0, 0.1) is 6.92 Å². The maximum absolute atomic E-state index is 13.3. The number of rotatable bonds is 7. The number of hydrogen-bond donors (Lipinski definition) is 1.